The molecule has 1 aromatic heterocycles. The number of allylic oxidation sites excluding steroid dienone is 1. The first kappa shape index (κ1) is 20.3. The molecule has 8 heteroatoms. The molecule has 2 heterocycles. The summed E-state index contributed by atoms with van der Waals surface area (Å²) in [5.74, 6) is 0.903. The third-order valence-electron chi connectivity index (χ3n) is 4.59. The quantitative estimate of drug-likeness (QED) is 0.752. The van der Waals surface area contributed by atoms with Gasteiger partial charge in [0.15, 0.2) is 0 Å². The van der Waals surface area contributed by atoms with Gasteiger partial charge in [0.25, 0.3) is 0 Å². The topological polar surface area (TPSA) is 63.0 Å². The van der Waals surface area contributed by atoms with Crippen LogP contribution in [0.5, 0.6) is 0 Å². The van der Waals surface area contributed by atoms with Crippen molar-refractivity contribution in [3.05, 3.63) is 33.9 Å². The molecule has 1 fully saturated rings. The van der Waals surface area contributed by atoms with Crippen LogP contribution in [-0.4, -0.2) is 58.2 Å². The van der Waals surface area contributed by atoms with Gasteiger partial charge in [-0.2, -0.15) is 4.99 Å². The van der Waals surface area contributed by atoms with E-state index in [1.54, 1.807) is 4.90 Å². The summed E-state index contributed by atoms with van der Waals surface area (Å²) >= 11 is 6.12. The Hall–Kier alpha value is -2.02. The van der Waals surface area contributed by atoms with Crippen molar-refractivity contribution in [3.63, 3.8) is 0 Å². The fourth-order valence-corrected chi connectivity index (χ4v) is 2.97. The first-order valence-electron chi connectivity index (χ1n) is 8.98. The van der Waals surface area contributed by atoms with Crippen molar-refractivity contribution in [1.82, 2.24) is 19.4 Å². The fourth-order valence-electron chi connectivity index (χ4n) is 2.73. The lowest BCUT2D eigenvalue weighted by molar-refractivity contribution is 0.0862. The number of hydrogen-bond acceptors (Lipinski definition) is 5. The molecule has 0 aromatic carbocycles. The average Bonchev–Trinajstić information content (AvgIpc) is 2.63. The Kier molecular flexibility index (Phi) is 7.08. The van der Waals surface area contributed by atoms with Gasteiger partial charge < -0.3 is 19.1 Å². The number of nitrogens with zero attached hydrogens (tertiary/aromatic N) is 5. The maximum Gasteiger partial charge on any atom is 0.409 e. The minimum atomic E-state index is -0.250. The van der Waals surface area contributed by atoms with Gasteiger partial charge in [-0.3, -0.25) is 0 Å². The van der Waals surface area contributed by atoms with Crippen LogP contribution in [0.2, 0.25) is 5.15 Å². The predicted octanol–water partition coefficient (Wildman–Crippen LogP) is 2.70. The highest BCUT2D eigenvalue weighted by Gasteiger charge is 2.24. The molecule has 2 rings (SSSR count). The molecule has 0 N–H and O–H groups in total. The summed E-state index contributed by atoms with van der Waals surface area (Å²) < 4.78 is 7.01. The molecule has 0 spiro atoms. The molecule has 1 aromatic rings. The standard InChI is InChI=1S/C18H28ClN5O2/c1-6-13(3)16(21-17-20-15(19)12-14(4)22(17)5)23-8-10-24(11-9-23)18(25)26-7-2/h12H,6-11H2,1-5H3/b16-13?,21-17-. The van der Waals surface area contributed by atoms with Crippen LogP contribution in [0.3, 0.4) is 0 Å². The van der Waals surface area contributed by atoms with Gasteiger partial charge in [0, 0.05) is 38.9 Å². The Morgan fingerprint density at radius 3 is 2.46 bits per heavy atom. The van der Waals surface area contributed by atoms with E-state index in [1.165, 1.54) is 5.57 Å². The Morgan fingerprint density at radius 1 is 1.27 bits per heavy atom. The van der Waals surface area contributed by atoms with Crippen LogP contribution < -0.4 is 5.62 Å². The van der Waals surface area contributed by atoms with E-state index in [-0.39, 0.29) is 6.09 Å². The van der Waals surface area contributed by atoms with E-state index in [0.717, 1.165) is 17.9 Å². The van der Waals surface area contributed by atoms with Crippen molar-refractivity contribution in [2.45, 2.75) is 34.1 Å². The normalized spacial score (nSPS) is 16.6. The number of ether oxygens (including phenoxy) is 1. The summed E-state index contributed by atoms with van der Waals surface area (Å²) in [7, 11) is 1.93. The zero-order valence-corrected chi connectivity index (χ0v) is 17.0. The second-order valence-electron chi connectivity index (χ2n) is 6.32. The number of carbonyl (C=O) groups excluding carboxylic acids is 1. The molecule has 7 nitrogen and oxygen atoms in total. The van der Waals surface area contributed by atoms with Crippen LogP contribution >= 0.6 is 11.6 Å². The van der Waals surface area contributed by atoms with Crippen LogP contribution in [0.25, 0.3) is 0 Å². The van der Waals surface area contributed by atoms with Gasteiger partial charge in [0.1, 0.15) is 11.0 Å². The molecule has 1 aliphatic rings. The molecule has 26 heavy (non-hydrogen) atoms. The van der Waals surface area contributed by atoms with E-state index < -0.39 is 0 Å². The third-order valence-corrected chi connectivity index (χ3v) is 4.78. The van der Waals surface area contributed by atoms with Crippen LogP contribution in [0.1, 0.15) is 32.9 Å². The van der Waals surface area contributed by atoms with Gasteiger partial charge in [-0.05, 0) is 38.8 Å². The van der Waals surface area contributed by atoms with Crippen LogP contribution in [-0.2, 0) is 11.8 Å². The zero-order valence-electron chi connectivity index (χ0n) is 16.3. The van der Waals surface area contributed by atoms with E-state index >= 15 is 0 Å². The van der Waals surface area contributed by atoms with Crippen molar-refractivity contribution < 1.29 is 9.53 Å². The van der Waals surface area contributed by atoms with E-state index in [2.05, 4.69) is 23.7 Å². The molecule has 0 unspecified atom stereocenters. The zero-order chi connectivity index (χ0) is 19.3. The smallest absolute Gasteiger partial charge is 0.409 e. The van der Waals surface area contributed by atoms with Crippen LogP contribution in [0.4, 0.5) is 4.79 Å². The lowest BCUT2D eigenvalue weighted by Crippen LogP contribution is -2.48. The average molecular weight is 382 g/mol. The van der Waals surface area contributed by atoms with Gasteiger partial charge in [-0.1, -0.05) is 18.5 Å². The first-order valence-corrected chi connectivity index (χ1v) is 9.36. The molecular formula is C18H28ClN5O2. The molecular weight excluding hydrogens is 354 g/mol. The Labute approximate surface area is 159 Å². The highest BCUT2D eigenvalue weighted by molar-refractivity contribution is 6.29. The van der Waals surface area contributed by atoms with Gasteiger partial charge in [-0.25, -0.2) is 9.78 Å². The summed E-state index contributed by atoms with van der Waals surface area (Å²) in [5.41, 5.74) is 2.74. The highest BCUT2D eigenvalue weighted by Crippen LogP contribution is 2.17. The van der Waals surface area contributed by atoms with Crippen LogP contribution in [0.15, 0.2) is 22.5 Å². The first-order chi connectivity index (χ1) is 12.4. The minimum absolute atomic E-state index is 0.250. The monoisotopic (exact) mass is 381 g/mol. The number of rotatable bonds is 4. The SMILES string of the molecule is CCOC(=O)N1CCN(C(/N=c2/nc(Cl)cc(C)n2C)=C(C)CC)CC1. The van der Waals surface area contributed by atoms with E-state index in [0.29, 0.717) is 43.6 Å². The number of aromatic nitrogens is 2. The second-order valence-corrected chi connectivity index (χ2v) is 6.71. The van der Waals surface area contributed by atoms with E-state index in [9.17, 15) is 4.79 Å². The molecule has 0 radical (unpaired) electrons. The number of halogens is 1. The Bertz CT molecular complexity index is 748. The third kappa shape index (κ3) is 4.78. The summed E-state index contributed by atoms with van der Waals surface area (Å²) in [5, 5.41) is 0.431. The number of amides is 1. The summed E-state index contributed by atoms with van der Waals surface area (Å²) in [6.07, 6.45) is 0.639. The number of aryl methyl sites for hydroxylation is 1. The lowest BCUT2D eigenvalue weighted by Gasteiger charge is -2.36. The van der Waals surface area contributed by atoms with Gasteiger partial charge in [-0.15, -0.1) is 0 Å². The minimum Gasteiger partial charge on any atom is -0.450 e. The molecule has 1 amide bonds. The van der Waals surface area contributed by atoms with Crippen molar-refractivity contribution >= 4 is 17.7 Å². The molecule has 144 valence electrons. The summed E-state index contributed by atoms with van der Waals surface area (Å²) in [4.78, 5) is 25.0. The summed E-state index contributed by atoms with van der Waals surface area (Å²) in [6.45, 7) is 11.0. The second kappa shape index (κ2) is 9.07. The molecule has 1 saturated heterocycles. The number of piperazine rings is 1. The number of carbonyl (C=O) groups is 1. The maximum absolute atomic E-state index is 11.9. The molecule has 1 aliphatic heterocycles. The highest BCUT2D eigenvalue weighted by atomic mass is 35.5. The molecule has 0 saturated carbocycles. The van der Waals surface area contributed by atoms with Gasteiger partial charge in [0.05, 0.1) is 6.61 Å². The van der Waals surface area contributed by atoms with Gasteiger partial charge in [0.2, 0.25) is 5.62 Å². The summed E-state index contributed by atoms with van der Waals surface area (Å²) in [6, 6.07) is 1.81. The van der Waals surface area contributed by atoms with E-state index in [1.807, 2.05) is 31.5 Å². The largest absolute Gasteiger partial charge is 0.450 e. The van der Waals surface area contributed by atoms with Crippen molar-refractivity contribution in [2.75, 3.05) is 32.8 Å². The van der Waals surface area contributed by atoms with Crippen LogP contribution in [0, 0.1) is 6.92 Å². The fraction of sp³-hybridized carbons (Fsp3) is 0.611. The van der Waals surface area contributed by atoms with E-state index in [4.69, 9.17) is 21.3 Å². The Balaban J connectivity index is 2.29. The predicted molar refractivity (Wildman–Crippen MR) is 102 cm³/mol. The lowest BCUT2D eigenvalue weighted by atomic mass is 10.2. The van der Waals surface area contributed by atoms with Crippen molar-refractivity contribution in [1.29, 1.82) is 0 Å². The maximum atomic E-state index is 11.9. The molecule has 0 bridgehead atoms. The molecule has 0 aliphatic carbocycles. The van der Waals surface area contributed by atoms with Crippen molar-refractivity contribution in [3.8, 4) is 0 Å². The number of hydrogen-bond donors (Lipinski definition) is 0. The van der Waals surface area contributed by atoms with Crippen molar-refractivity contribution in [2.24, 2.45) is 12.0 Å². The van der Waals surface area contributed by atoms with Gasteiger partial charge >= 0.3 is 6.09 Å². The Morgan fingerprint density at radius 2 is 1.88 bits per heavy atom. The molecule has 0 atom stereocenters.